The van der Waals surface area contributed by atoms with E-state index in [0.717, 1.165) is 17.0 Å². The van der Waals surface area contributed by atoms with Crippen molar-refractivity contribution in [3.63, 3.8) is 0 Å². The van der Waals surface area contributed by atoms with E-state index >= 15 is 0 Å². The van der Waals surface area contributed by atoms with Crippen LogP contribution in [0.15, 0.2) is 23.1 Å². The molecule has 1 N–H and O–H groups in total. The lowest BCUT2D eigenvalue weighted by Gasteiger charge is -2.16. The fourth-order valence-corrected chi connectivity index (χ4v) is 2.91. The van der Waals surface area contributed by atoms with Gasteiger partial charge in [0.1, 0.15) is 5.75 Å². The van der Waals surface area contributed by atoms with Gasteiger partial charge in [-0.25, -0.2) is 0 Å². The van der Waals surface area contributed by atoms with Crippen molar-refractivity contribution in [2.75, 3.05) is 0 Å². The third kappa shape index (κ3) is 3.11. The van der Waals surface area contributed by atoms with Crippen molar-refractivity contribution in [3.8, 4) is 5.75 Å². The normalized spacial score (nSPS) is 17.9. The average molecular weight is 331 g/mol. The molecule has 0 atom stereocenters. The Balaban J connectivity index is 2.39. The summed E-state index contributed by atoms with van der Waals surface area (Å²) >= 11 is 0.677. The molecule has 0 aromatic heterocycles. The van der Waals surface area contributed by atoms with Crippen LogP contribution >= 0.6 is 11.8 Å². The van der Waals surface area contributed by atoms with Crippen LogP contribution in [0.25, 0.3) is 6.08 Å². The quantitative estimate of drug-likeness (QED) is 0.836. The molecular weight excluding hydrogens is 319 g/mol. The minimum Gasteiger partial charge on any atom is -0.507 e. The van der Waals surface area contributed by atoms with Crippen LogP contribution in [0.5, 0.6) is 5.75 Å². The number of nitrogens with zero attached hydrogens (tertiary/aromatic N) is 1. The van der Waals surface area contributed by atoms with Gasteiger partial charge in [0.05, 0.1) is 10.5 Å². The zero-order valence-corrected chi connectivity index (χ0v) is 12.5. The topological polar surface area (TPSA) is 57.6 Å². The summed E-state index contributed by atoms with van der Waals surface area (Å²) < 4.78 is 38.2. The van der Waals surface area contributed by atoms with E-state index in [4.69, 9.17) is 0 Å². The van der Waals surface area contributed by atoms with Crippen LogP contribution in [0, 0.1) is 0 Å². The molecule has 1 fully saturated rings. The summed E-state index contributed by atoms with van der Waals surface area (Å²) in [5.74, 6) is -1.42. The highest BCUT2D eigenvalue weighted by Gasteiger charge is 2.37. The summed E-state index contributed by atoms with van der Waals surface area (Å²) in [4.78, 5) is 24.9. The van der Waals surface area contributed by atoms with Crippen molar-refractivity contribution < 1.29 is 27.9 Å². The van der Waals surface area contributed by atoms with Gasteiger partial charge in [0.2, 0.25) is 0 Å². The Morgan fingerprint density at radius 1 is 1.27 bits per heavy atom. The maximum atomic E-state index is 12.7. The Kier molecular flexibility index (Phi) is 4.23. The molecule has 8 heteroatoms. The molecule has 0 aliphatic carbocycles. The molecule has 1 aliphatic rings. The number of aromatic hydroxyl groups is 1. The number of rotatable bonds is 2. The van der Waals surface area contributed by atoms with E-state index in [-0.39, 0.29) is 16.5 Å². The van der Waals surface area contributed by atoms with Gasteiger partial charge in [-0.3, -0.25) is 14.5 Å². The first-order valence-electron chi connectivity index (χ1n) is 6.28. The third-order valence-corrected chi connectivity index (χ3v) is 3.85. The fourth-order valence-electron chi connectivity index (χ4n) is 1.95. The maximum Gasteiger partial charge on any atom is 0.419 e. The molecule has 0 unspecified atom stereocenters. The van der Waals surface area contributed by atoms with Crippen molar-refractivity contribution in [3.05, 3.63) is 34.2 Å². The first-order valence-corrected chi connectivity index (χ1v) is 7.10. The van der Waals surface area contributed by atoms with Crippen LogP contribution in [0.4, 0.5) is 18.0 Å². The van der Waals surface area contributed by atoms with Crippen molar-refractivity contribution in [1.29, 1.82) is 0 Å². The van der Waals surface area contributed by atoms with Gasteiger partial charge in [0.15, 0.2) is 0 Å². The number of amides is 2. The lowest BCUT2D eigenvalue weighted by Crippen LogP contribution is -2.34. The van der Waals surface area contributed by atoms with Gasteiger partial charge in [0.25, 0.3) is 11.1 Å². The number of hydrogen-bond acceptors (Lipinski definition) is 4. The Morgan fingerprint density at radius 2 is 1.91 bits per heavy atom. The number of imide groups is 1. The number of phenolic OH excluding ortho intramolecular Hbond substituents is 1. The van der Waals surface area contributed by atoms with E-state index in [1.807, 2.05) is 0 Å². The van der Waals surface area contributed by atoms with Gasteiger partial charge < -0.3 is 5.11 Å². The molecule has 1 heterocycles. The molecule has 1 aromatic carbocycles. The highest BCUT2D eigenvalue weighted by molar-refractivity contribution is 8.18. The second kappa shape index (κ2) is 5.68. The van der Waals surface area contributed by atoms with Crippen molar-refractivity contribution >= 4 is 29.0 Å². The molecule has 0 radical (unpaired) electrons. The number of hydrogen-bond donors (Lipinski definition) is 1. The molecule has 0 bridgehead atoms. The number of carbonyl (C=O) groups is 2. The summed E-state index contributed by atoms with van der Waals surface area (Å²) in [5.41, 5.74) is -1.11. The highest BCUT2D eigenvalue weighted by atomic mass is 32.2. The number of halogens is 3. The zero-order chi connectivity index (χ0) is 16.7. The number of benzene rings is 1. The smallest absolute Gasteiger partial charge is 0.419 e. The molecule has 4 nitrogen and oxygen atoms in total. The van der Waals surface area contributed by atoms with Gasteiger partial charge in [-0.2, -0.15) is 13.2 Å². The van der Waals surface area contributed by atoms with Crippen molar-refractivity contribution in [1.82, 2.24) is 4.90 Å². The number of phenols is 1. The second-order valence-electron chi connectivity index (χ2n) is 4.92. The van der Waals surface area contributed by atoms with Crippen LogP contribution < -0.4 is 0 Å². The summed E-state index contributed by atoms with van der Waals surface area (Å²) in [6.07, 6.45) is -3.49. The first kappa shape index (κ1) is 16.4. The Hall–Kier alpha value is -1.96. The summed E-state index contributed by atoms with van der Waals surface area (Å²) in [7, 11) is 0. The Morgan fingerprint density at radius 3 is 2.41 bits per heavy atom. The number of carbonyl (C=O) groups excluding carboxylic acids is 2. The molecule has 2 amide bonds. The number of alkyl halides is 3. The lowest BCUT2D eigenvalue weighted by atomic mass is 10.1. The monoisotopic (exact) mass is 331 g/mol. The molecule has 0 spiro atoms. The molecule has 2 rings (SSSR count). The molecule has 118 valence electrons. The molecule has 22 heavy (non-hydrogen) atoms. The van der Waals surface area contributed by atoms with E-state index in [0.29, 0.717) is 11.8 Å². The van der Waals surface area contributed by atoms with E-state index in [1.165, 1.54) is 12.1 Å². The van der Waals surface area contributed by atoms with E-state index < -0.39 is 28.6 Å². The molecule has 0 saturated carbocycles. The van der Waals surface area contributed by atoms with Crippen LogP contribution in [0.3, 0.4) is 0 Å². The second-order valence-corrected chi connectivity index (χ2v) is 5.91. The number of thioether (sulfide) groups is 1. The molecule has 1 aliphatic heterocycles. The third-order valence-electron chi connectivity index (χ3n) is 2.96. The predicted molar refractivity (Wildman–Crippen MR) is 76.1 cm³/mol. The van der Waals surface area contributed by atoms with Gasteiger partial charge in [-0.1, -0.05) is 6.07 Å². The SMILES string of the molecule is CC(C)N1C(=O)S/C(=C\c2ccc(O)c(C(F)(F)F)c2)C1=O. The van der Waals surface area contributed by atoms with Gasteiger partial charge in [-0.15, -0.1) is 0 Å². The molecule has 1 saturated heterocycles. The maximum absolute atomic E-state index is 12.7. The van der Waals surface area contributed by atoms with Crippen LogP contribution in [-0.2, 0) is 11.0 Å². The lowest BCUT2D eigenvalue weighted by molar-refractivity contribution is -0.138. The summed E-state index contributed by atoms with van der Waals surface area (Å²) in [5, 5.41) is 8.81. The molecule has 1 aromatic rings. The fraction of sp³-hybridized carbons (Fsp3) is 0.286. The molecular formula is C14H12F3NO3S. The zero-order valence-electron chi connectivity index (χ0n) is 11.6. The van der Waals surface area contributed by atoms with Crippen molar-refractivity contribution in [2.24, 2.45) is 0 Å². The first-order chi connectivity index (χ1) is 10.1. The van der Waals surface area contributed by atoms with Gasteiger partial charge in [-0.05, 0) is 49.4 Å². The van der Waals surface area contributed by atoms with Gasteiger partial charge in [0, 0.05) is 6.04 Å². The summed E-state index contributed by atoms with van der Waals surface area (Å²) in [6.45, 7) is 3.34. The largest absolute Gasteiger partial charge is 0.507 e. The van der Waals surface area contributed by atoms with E-state index in [9.17, 15) is 27.9 Å². The van der Waals surface area contributed by atoms with Crippen molar-refractivity contribution in [2.45, 2.75) is 26.1 Å². The van der Waals surface area contributed by atoms with Crippen LogP contribution in [-0.4, -0.2) is 27.2 Å². The Bertz CT molecular complexity index is 668. The Labute approximate surface area is 128 Å². The highest BCUT2D eigenvalue weighted by Crippen LogP contribution is 2.38. The minimum atomic E-state index is -4.70. The van der Waals surface area contributed by atoms with E-state index in [1.54, 1.807) is 13.8 Å². The summed E-state index contributed by atoms with van der Waals surface area (Å²) in [6, 6.07) is 2.55. The minimum absolute atomic E-state index is 0.0533. The van der Waals surface area contributed by atoms with Gasteiger partial charge >= 0.3 is 6.18 Å². The van der Waals surface area contributed by atoms with E-state index in [2.05, 4.69) is 0 Å². The standard InChI is InChI=1S/C14H12F3NO3S/c1-7(2)18-12(20)11(22-13(18)21)6-8-3-4-10(19)9(5-8)14(15,16)17/h3-7,19H,1-2H3/b11-6-. The predicted octanol–water partition coefficient (Wildman–Crippen LogP) is 3.86. The average Bonchev–Trinajstić information content (AvgIpc) is 2.65. The van der Waals surface area contributed by atoms with Crippen LogP contribution in [0.1, 0.15) is 25.0 Å². The van der Waals surface area contributed by atoms with Crippen LogP contribution in [0.2, 0.25) is 0 Å².